The third kappa shape index (κ3) is 3.22. The van der Waals surface area contributed by atoms with E-state index in [0.29, 0.717) is 24.4 Å². The first kappa shape index (κ1) is 16.0. The molecule has 0 aromatic heterocycles. The van der Waals surface area contributed by atoms with Gasteiger partial charge in [0, 0.05) is 30.4 Å². The molecule has 2 amide bonds. The summed E-state index contributed by atoms with van der Waals surface area (Å²) in [6.45, 7) is 0.710. The van der Waals surface area contributed by atoms with E-state index in [0.717, 1.165) is 18.2 Å². The molecule has 0 aliphatic carbocycles. The van der Waals surface area contributed by atoms with Crippen molar-refractivity contribution in [2.75, 3.05) is 23.9 Å². The number of anilines is 2. The van der Waals surface area contributed by atoms with Gasteiger partial charge in [-0.05, 0) is 42.8 Å². The number of nitrogens with zero attached hydrogens (tertiary/aromatic N) is 1. The second-order valence-electron chi connectivity index (χ2n) is 5.50. The molecule has 0 spiro atoms. The maximum absolute atomic E-state index is 13.9. The van der Waals surface area contributed by atoms with Crippen LogP contribution in [0.5, 0.6) is 5.75 Å². The Kier molecular flexibility index (Phi) is 4.46. The number of nitrogens with one attached hydrogen (secondary N) is 1. The normalized spacial score (nSPS) is 13.9. The molecule has 3 rings (SSSR count). The largest absolute Gasteiger partial charge is 0.497 e. The topological polar surface area (TPSA) is 58.6 Å². The minimum absolute atomic E-state index is 0.0606. The zero-order valence-corrected chi connectivity index (χ0v) is 13.2. The first-order valence-electron chi connectivity index (χ1n) is 7.64. The lowest BCUT2D eigenvalue weighted by molar-refractivity contribution is -0.117. The van der Waals surface area contributed by atoms with Crippen LogP contribution in [0.1, 0.15) is 23.2 Å². The third-order valence-electron chi connectivity index (χ3n) is 3.93. The van der Waals surface area contributed by atoms with Crippen LogP contribution >= 0.6 is 0 Å². The lowest BCUT2D eigenvalue weighted by Gasteiger charge is -2.16. The zero-order valence-electron chi connectivity index (χ0n) is 13.2. The summed E-state index contributed by atoms with van der Waals surface area (Å²) in [5.41, 5.74) is 1.27. The molecule has 1 aliphatic rings. The molecule has 1 saturated heterocycles. The molecular weight excluding hydrogens is 311 g/mol. The Bertz CT molecular complexity index is 774. The molecule has 0 bridgehead atoms. The predicted octanol–water partition coefficient (Wildman–Crippen LogP) is 3.21. The third-order valence-corrected chi connectivity index (χ3v) is 3.93. The van der Waals surface area contributed by atoms with E-state index in [2.05, 4.69) is 5.32 Å². The molecule has 1 heterocycles. The van der Waals surface area contributed by atoms with Gasteiger partial charge in [-0.2, -0.15) is 0 Å². The van der Waals surface area contributed by atoms with Crippen molar-refractivity contribution in [2.45, 2.75) is 12.8 Å². The van der Waals surface area contributed by atoms with Crippen molar-refractivity contribution < 1.29 is 18.7 Å². The number of hydrogen-bond donors (Lipinski definition) is 1. The Balaban J connectivity index is 1.71. The minimum Gasteiger partial charge on any atom is -0.497 e. The fourth-order valence-corrected chi connectivity index (χ4v) is 2.65. The molecule has 5 nitrogen and oxygen atoms in total. The van der Waals surface area contributed by atoms with Crippen LogP contribution in [0, 0.1) is 5.82 Å². The van der Waals surface area contributed by atoms with E-state index in [1.807, 2.05) is 0 Å². The number of methoxy groups -OCH3 is 1. The van der Waals surface area contributed by atoms with Gasteiger partial charge in [-0.15, -0.1) is 0 Å². The molecular formula is C18H17FN2O3. The second-order valence-corrected chi connectivity index (χ2v) is 5.50. The van der Waals surface area contributed by atoms with E-state index >= 15 is 0 Å². The summed E-state index contributed by atoms with van der Waals surface area (Å²) in [5, 5.41) is 2.64. The second kappa shape index (κ2) is 6.70. The molecule has 6 heteroatoms. The highest BCUT2D eigenvalue weighted by atomic mass is 19.1. The van der Waals surface area contributed by atoms with Gasteiger partial charge in [0.05, 0.1) is 12.7 Å². The minimum atomic E-state index is -0.647. The van der Waals surface area contributed by atoms with Crippen molar-refractivity contribution in [2.24, 2.45) is 0 Å². The highest BCUT2D eigenvalue weighted by Crippen LogP contribution is 2.24. The number of ether oxygens (including phenoxy) is 1. The molecule has 0 atom stereocenters. The van der Waals surface area contributed by atoms with Gasteiger partial charge in [0.1, 0.15) is 11.6 Å². The van der Waals surface area contributed by atoms with E-state index in [1.165, 1.54) is 19.2 Å². The molecule has 1 fully saturated rings. The fraction of sp³-hybridized carbons (Fsp3) is 0.222. The average molecular weight is 328 g/mol. The Morgan fingerprint density at radius 3 is 2.54 bits per heavy atom. The van der Waals surface area contributed by atoms with Gasteiger partial charge in [0.25, 0.3) is 5.91 Å². The Hall–Kier alpha value is -2.89. The van der Waals surface area contributed by atoms with Gasteiger partial charge in [-0.3, -0.25) is 9.59 Å². The monoisotopic (exact) mass is 328 g/mol. The van der Waals surface area contributed by atoms with Crippen LogP contribution in [-0.2, 0) is 4.79 Å². The van der Waals surface area contributed by atoms with Crippen molar-refractivity contribution >= 4 is 23.2 Å². The maximum Gasteiger partial charge on any atom is 0.258 e. The lowest BCUT2D eigenvalue weighted by atomic mass is 10.2. The molecule has 0 radical (unpaired) electrons. The van der Waals surface area contributed by atoms with Crippen molar-refractivity contribution in [3.05, 3.63) is 53.8 Å². The van der Waals surface area contributed by atoms with Crippen LogP contribution in [-0.4, -0.2) is 25.5 Å². The number of benzene rings is 2. The Morgan fingerprint density at radius 1 is 1.21 bits per heavy atom. The number of hydrogen-bond acceptors (Lipinski definition) is 3. The molecule has 2 aromatic rings. The number of amides is 2. The number of carbonyl (C=O) groups is 2. The SMILES string of the molecule is COc1ccc(C(=O)Nc2ccc(N3CCCC3=O)cc2)c(F)c1. The summed E-state index contributed by atoms with van der Waals surface area (Å²) in [6.07, 6.45) is 1.42. The average Bonchev–Trinajstić information content (AvgIpc) is 3.01. The summed E-state index contributed by atoms with van der Waals surface area (Å²) in [4.78, 5) is 25.6. The first-order valence-corrected chi connectivity index (χ1v) is 7.64. The standard InChI is InChI=1S/C18H17FN2O3/c1-24-14-8-9-15(16(19)11-14)18(23)20-12-4-6-13(7-5-12)21-10-2-3-17(21)22/h4-9,11H,2-3,10H2,1H3,(H,20,23). The van der Waals surface area contributed by atoms with Crippen LogP contribution in [0.25, 0.3) is 0 Å². The van der Waals surface area contributed by atoms with E-state index in [4.69, 9.17) is 4.74 Å². The molecule has 0 unspecified atom stereocenters. The number of rotatable bonds is 4. The van der Waals surface area contributed by atoms with Gasteiger partial charge >= 0.3 is 0 Å². The van der Waals surface area contributed by atoms with Crippen molar-refractivity contribution in [3.63, 3.8) is 0 Å². The zero-order chi connectivity index (χ0) is 17.1. The van der Waals surface area contributed by atoms with Gasteiger partial charge in [-0.1, -0.05) is 0 Å². The van der Waals surface area contributed by atoms with E-state index in [-0.39, 0.29) is 11.5 Å². The van der Waals surface area contributed by atoms with Crippen LogP contribution < -0.4 is 15.0 Å². The first-order chi connectivity index (χ1) is 11.6. The van der Waals surface area contributed by atoms with Gasteiger partial charge in [0.15, 0.2) is 0 Å². The molecule has 2 aromatic carbocycles. The van der Waals surface area contributed by atoms with Gasteiger partial charge < -0.3 is 15.0 Å². The van der Waals surface area contributed by atoms with Crippen molar-refractivity contribution in [1.82, 2.24) is 0 Å². The van der Waals surface area contributed by atoms with Crippen LogP contribution in [0.4, 0.5) is 15.8 Å². The smallest absolute Gasteiger partial charge is 0.258 e. The number of carbonyl (C=O) groups excluding carboxylic acids is 2. The highest BCUT2D eigenvalue weighted by Gasteiger charge is 2.21. The summed E-state index contributed by atoms with van der Waals surface area (Å²) >= 11 is 0. The molecule has 124 valence electrons. The fourth-order valence-electron chi connectivity index (χ4n) is 2.65. The molecule has 24 heavy (non-hydrogen) atoms. The summed E-state index contributed by atoms with van der Waals surface area (Å²) in [5.74, 6) is -0.734. The van der Waals surface area contributed by atoms with E-state index in [9.17, 15) is 14.0 Å². The Labute approximate surface area is 139 Å². The van der Waals surface area contributed by atoms with E-state index < -0.39 is 11.7 Å². The molecule has 1 aliphatic heterocycles. The van der Waals surface area contributed by atoms with Crippen LogP contribution in [0.3, 0.4) is 0 Å². The predicted molar refractivity (Wildman–Crippen MR) is 88.9 cm³/mol. The summed E-state index contributed by atoms with van der Waals surface area (Å²) in [6, 6.07) is 11.0. The highest BCUT2D eigenvalue weighted by molar-refractivity contribution is 6.04. The van der Waals surface area contributed by atoms with Crippen molar-refractivity contribution in [3.8, 4) is 5.75 Å². The molecule has 1 N–H and O–H groups in total. The quantitative estimate of drug-likeness (QED) is 0.937. The Morgan fingerprint density at radius 2 is 1.96 bits per heavy atom. The number of halogens is 1. The van der Waals surface area contributed by atoms with Gasteiger partial charge in [-0.25, -0.2) is 4.39 Å². The summed E-state index contributed by atoms with van der Waals surface area (Å²) in [7, 11) is 1.43. The summed E-state index contributed by atoms with van der Waals surface area (Å²) < 4.78 is 18.8. The molecule has 0 saturated carbocycles. The van der Waals surface area contributed by atoms with Crippen LogP contribution in [0.2, 0.25) is 0 Å². The lowest BCUT2D eigenvalue weighted by Crippen LogP contribution is -2.23. The van der Waals surface area contributed by atoms with E-state index in [1.54, 1.807) is 29.2 Å². The van der Waals surface area contributed by atoms with Crippen molar-refractivity contribution in [1.29, 1.82) is 0 Å². The van der Waals surface area contributed by atoms with Crippen LogP contribution in [0.15, 0.2) is 42.5 Å². The maximum atomic E-state index is 13.9. The van der Waals surface area contributed by atoms with Gasteiger partial charge in [0.2, 0.25) is 5.91 Å².